The van der Waals surface area contributed by atoms with Crippen molar-refractivity contribution >= 4 is 33.2 Å². The number of anilines is 1. The Morgan fingerprint density at radius 2 is 1.74 bits per heavy atom. The first-order chi connectivity index (χ1) is 12.8. The van der Waals surface area contributed by atoms with E-state index < -0.39 is 10.0 Å². The van der Waals surface area contributed by atoms with Gasteiger partial charge in [0.1, 0.15) is 0 Å². The third kappa shape index (κ3) is 4.40. The van der Waals surface area contributed by atoms with Crippen molar-refractivity contribution in [2.45, 2.75) is 25.2 Å². The number of hydrogen-bond donors (Lipinski definition) is 1. The molecule has 0 unspecified atom stereocenters. The van der Waals surface area contributed by atoms with E-state index >= 15 is 0 Å². The minimum atomic E-state index is -3.56. The van der Waals surface area contributed by atoms with Gasteiger partial charge in [-0.3, -0.25) is 4.79 Å². The van der Waals surface area contributed by atoms with E-state index in [1.807, 2.05) is 19.9 Å². The summed E-state index contributed by atoms with van der Waals surface area (Å²) in [5, 5.41) is 3.27. The maximum absolute atomic E-state index is 12.7. The molecule has 1 aliphatic rings. The third-order valence-electron chi connectivity index (χ3n) is 4.50. The summed E-state index contributed by atoms with van der Waals surface area (Å²) in [7, 11) is -3.56. The molecule has 2 aromatic carbocycles. The highest BCUT2D eigenvalue weighted by Gasteiger charge is 2.27. The zero-order chi connectivity index (χ0) is 19.6. The molecule has 0 atom stereocenters. The van der Waals surface area contributed by atoms with Crippen molar-refractivity contribution < 1.29 is 13.2 Å². The van der Waals surface area contributed by atoms with Crippen LogP contribution in [0.4, 0.5) is 5.69 Å². The first kappa shape index (κ1) is 19.6. The van der Waals surface area contributed by atoms with Gasteiger partial charge in [0, 0.05) is 18.7 Å². The predicted octanol–water partition coefficient (Wildman–Crippen LogP) is 3.92. The highest BCUT2D eigenvalue weighted by Crippen LogP contribution is 2.25. The molecule has 0 radical (unpaired) electrons. The number of aryl methyl sites for hydroxylation is 2. The van der Waals surface area contributed by atoms with E-state index in [1.165, 1.54) is 4.31 Å². The Bertz CT molecular complexity index is 998. The molecule has 0 aliphatic carbocycles. The number of nitrogens with one attached hydrogen (secondary N) is 1. The summed E-state index contributed by atoms with van der Waals surface area (Å²) in [6, 6.07) is 12.2. The molecule has 0 bridgehead atoms. The summed E-state index contributed by atoms with van der Waals surface area (Å²) in [6.45, 7) is 4.26. The number of carbonyl (C=O) groups is 1. The molecular formula is C20H21ClN2O3S. The lowest BCUT2D eigenvalue weighted by molar-refractivity contribution is -0.113. The Hall–Kier alpha value is -2.15. The first-order valence-corrected chi connectivity index (χ1v) is 10.4. The quantitative estimate of drug-likeness (QED) is 0.839. The molecule has 1 amide bonds. The standard InChI is InChI=1S/C20H21ClN2O3S/c1-14-3-6-17(7-4-14)27(25,26)23-11-9-16(10-12-23)20(24)22-19-8-5-15(2)13-18(19)21/h3-9,13H,10-12H2,1-2H3,(H,22,24). The molecule has 0 spiro atoms. The van der Waals surface area contributed by atoms with Gasteiger partial charge in [0.05, 0.1) is 15.6 Å². The number of amides is 1. The van der Waals surface area contributed by atoms with E-state index in [2.05, 4.69) is 5.32 Å². The zero-order valence-electron chi connectivity index (χ0n) is 15.2. The lowest BCUT2D eigenvalue weighted by atomic mass is 10.1. The van der Waals surface area contributed by atoms with Crippen LogP contribution in [0.1, 0.15) is 17.5 Å². The fourth-order valence-electron chi connectivity index (χ4n) is 2.86. The molecule has 0 fully saturated rings. The Balaban J connectivity index is 1.70. The third-order valence-corrected chi connectivity index (χ3v) is 6.69. The van der Waals surface area contributed by atoms with E-state index in [0.717, 1.165) is 11.1 Å². The van der Waals surface area contributed by atoms with Crippen LogP contribution in [0.3, 0.4) is 0 Å². The Morgan fingerprint density at radius 1 is 1.07 bits per heavy atom. The highest BCUT2D eigenvalue weighted by molar-refractivity contribution is 7.89. The average molecular weight is 405 g/mol. The van der Waals surface area contributed by atoms with Gasteiger partial charge in [0.15, 0.2) is 0 Å². The second kappa shape index (κ2) is 7.84. The molecule has 1 N–H and O–H groups in total. The van der Waals surface area contributed by atoms with Crippen LogP contribution in [0.25, 0.3) is 0 Å². The molecule has 1 heterocycles. The van der Waals surface area contributed by atoms with Crippen LogP contribution in [0.5, 0.6) is 0 Å². The van der Waals surface area contributed by atoms with Crippen LogP contribution in [0, 0.1) is 13.8 Å². The normalized spacial score (nSPS) is 15.3. The van der Waals surface area contributed by atoms with E-state index in [4.69, 9.17) is 11.6 Å². The van der Waals surface area contributed by atoms with E-state index in [0.29, 0.717) is 22.7 Å². The number of hydrogen-bond acceptors (Lipinski definition) is 3. The van der Waals surface area contributed by atoms with Gasteiger partial charge in [-0.2, -0.15) is 4.31 Å². The fourth-order valence-corrected chi connectivity index (χ4v) is 4.52. The van der Waals surface area contributed by atoms with Crippen molar-refractivity contribution in [1.82, 2.24) is 4.31 Å². The maximum atomic E-state index is 12.7. The van der Waals surface area contributed by atoms with Crippen LogP contribution >= 0.6 is 11.6 Å². The maximum Gasteiger partial charge on any atom is 0.251 e. The molecule has 0 saturated carbocycles. The topological polar surface area (TPSA) is 66.5 Å². The van der Waals surface area contributed by atoms with Gasteiger partial charge in [-0.05, 0) is 50.1 Å². The van der Waals surface area contributed by atoms with Crippen LogP contribution in [0.2, 0.25) is 5.02 Å². The monoisotopic (exact) mass is 404 g/mol. The van der Waals surface area contributed by atoms with Crippen molar-refractivity contribution in [3.05, 3.63) is 70.3 Å². The summed E-state index contributed by atoms with van der Waals surface area (Å²) in [6.07, 6.45) is 2.01. The van der Waals surface area contributed by atoms with E-state index in [1.54, 1.807) is 42.5 Å². The lowest BCUT2D eigenvalue weighted by Gasteiger charge is -2.25. The molecule has 142 valence electrons. The van der Waals surface area contributed by atoms with Gasteiger partial charge in [-0.15, -0.1) is 0 Å². The minimum absolute atomic E-state index is 0.167. The average Bonchev–Trinajstić information content (AvgIpc) is 2.64. The SMILES string of the molecule is Cc1ccc(S(=O)(=O)N2CC=C(C(=O)Nc3ccc(C)cc3Cl)CC2)cc1. The lowest BCUT2D eigenvalue weighted by Crippen LogP contribution is -2.36. The summed E-state index contributed by atoms with van der Waals surface area (Å²) in [4.78, 5) is 12.7. The molecule has 3 rings (SSSR count). The molecular weight excluding hydrogens is 384 g/mol. The zero-order valence-corrected chi connectivity index (χ0v) is 16.8. The van der Waals surface area contributed by atoms with E-state index in [-0.39, 0.29) is 23.9 Å². The van der Waals surface area contributed by atoms with Gasteiger partial charge >= 0.3 is 0 Å². The second-order valence-electron chi connectivity index (χ2n) is 6.59. The van der Waals surface area contributed by atoms with Gasteiger partial charge < -0.3 is 5.32 Å². The van der Waals surface area contributed by atoms with Crippen LogP contribution in [-0.4, -0.2) is 31.7 Å². The number of halogens is 1. The van der Waals surface area contributed by atoms with Crippen molar-refractivity contribution in [3.8, 4) is 0 Å². The fraction of sp³-hybridized carbons (Fsp3) is 0.250. The summed E-state index contributed by atoms with van der Waals surface area (Å²) >= 11 is 6.15. The number of sulfonamides is 1. The molecule has 7 heteroatoms. The smallest absolute Gasteiger partial charge is 0.251 e. The first-order valence-electron chi connectivity index (χ1n) is 8.61. The number of carbonyl (C=O) groups excluding carboxylic acids is 1. The van der Waals surface area contributed by atoms with Gasteiger partial charge in [0.25, 0.3) is 5.91 Å². The Labute approximate surface area is 164 Å². The van der Waals surface area contributed by atoms with Crippen LogP contribution in [0.15, 0.2) is 59.0 Å². The summed E-state index contributed by atoms with van der Waals surface area (Å²) in [5.41, 5.74) is 3.11. The van der Waals surface area contributed by atoms with Crippen LogP contribution < -0.4 is 5.32 Å². The number of rotatable bonds is 4. The highest BCUT2D eigenvalue weighted by atomic mass is 35.5. The van der Waals surface area contributed by atoms with Crippen molar-refractivity contribution in [1.29, 1.82) is 0 Å². The summed E-state index contributed by atoms with van der Waals surface area (Å²) < 4.78 is 26.8. The molecule has 5 nitrogen and oxygen atoms in total. The molecule has 2 aromatic rings. The van der Waals surface area contributed by atoms with Crippen molar-refractivity contribution in [2.24, 2.45) is 0 Å². The van der Waals surface area contributed by atoms with Crippen LogP contribution in [-0.2, 0) is 14.8 Å². The summed E-state index contributed by atoms with van der Waals surface area (Å²) in [5.74, 6) is -0.256. The largest absolute Gasteiger partial charge is 0.321 e. The Morgan fingerprint density at radius 3 is 2.33 bits per heavy atom. The van der Waals surface area contributed by atoms with E-state index in [9.17, 15) is 13.2 Å². The van der Waals surface area contributed by atoms with Crippen molar-refractivity contribution in [3.63, 3.8) is 0 Å². The van der Waals surface area contributed by atoms with Gasteiger partial charge in [-0.1, -0.05) is 41.4 Å². The van der Waals surface area contributed by atoms with Crippen molar-refractivity contribution in [2.75, 3.05) is 18.4 Å². The minimum Gasteiger partial charge on any atom is -0.321 e. The molecule has 0 aromatic heterocycles. The number of nitrogens with zero attached hydrogens (tertiary/aromatic N) is 1. The van der Waals surface area contributed by atoms with Gasteiger partial charge in [0.2, 0.25) is 10.0 Å². The molecule has 27 heavy (non-hydrogen) atoms. The number of benzene rings is 2. The molecule has 1 aliphatic heterocycles. The Kier molecular flexibility index (Phi) is 5.69. The predicted molar refractivity (Wildman–Crippen MR) is 107 cm³/mol. The second-order valence-corrected chi connectivity index (χ2v) is 8.94. The molecule has 0 saturated heterocycles. The van der Waals surface area contributed by atoms with Gasteiger partial charge in [-0.25, -0.2) is 8.42 Å².